The number of hydrogen-bond acceptors (Lipinski definition) is 3. The molecule has 4 heteroatoms. The average Bonchev–Trinajstić information content (AvgIpc) is 2.54. The number of nitrogens with zero attached hydrogens (tertiary/aromatic N) is 4. The monoisotopic (exact) mass is 174 g/mol. The lowest BCUT2D eigenvalue weighted by atomic mass is 10.4. The Labute approximate surface area is 76.3 Å². The second-order valence-corrected chi connectivity index (χ2v) is 2.82. The summed E-state index contributed by atoms with van der Waals surface area (Å²) in [6, 6.07) is 3.83. The molecule has 0 unspecified atom stereocenters. The van der Waals surface area contributed by atoms with Crippen molar-refractivity contribution in [2.75, 3.05) is 0 Å². The van der Waals surface area contributed by atoms with E-state index < -0.39 is 0 Å². The van der Waals surface area contributed by atoms with Gasteiger partial charge in [-0.1, -0.05) is 0 Å². The van der Waals surface area contributed by atoms with E-state index in [-0.39, 0.29) is 0 Å². The van der Waals surface area contributed by atoms with E-state index in [1.54, 1.807) is 12.4 Å². The van der Waals surface area contributed by atoms with Crippen molar-refractivity contribution >= 4 is 0 Å². The topological polar surface area (TPSA) is 43.6 Å². The van der Waals surface area contributed by atoms with E-state index in [0.717, 1.165) is 18.1 Å². The maximum absolute atomic E-state index is 4.13. The molecule has 0 fully saturated rings. The Kier molecular flexibility index (Phi) is 2.04. The van der Waals surface area contributed by atoms with Gasteiger partial charge in [-0.05, 0) is 19.1 Å². The molecule has 0 atom stereocenters. The van der Waals surface area contributed by atoms with Crippen LogP contribution >= 0.6 is 0 Å². The summed E-state index contributed by atoms with van der Waals surface area (Å²) in [7, 11) is 0. The average molecular weight is 174 g/mol. The first kappa shape index (κ1) is 7.91. The first-order valence-electron chi connectivity index (χ1n) is 4.10. The van der Waals surface area contributed by atoms with Crippen LogP contribution in [0.1, 0.15) is 11.5 Å². The fourth-order valence-corrected chi connectivity index (χ4v) is 1.16. The van der Waals surface area contributed by atoms with Gasteiger partial charge in [0.15, 0.2) is 0 Å². The van der Waals surface area contributed by atoms with Gasteiger partial charge in [0.25, 0.3) is 0 Å². The van der Waals surface area contributed by atoms with Gasteiger partial charge >= 0.3 is 0 Å². The predicted octanol–water partition coefficient (Wildman–Crippen LogP) is 1.03. The lowest BCUT2D eigenvalue weighted by Crippen LogP contribution is -2.03. The molecule has 13 heavy (non-hydrogen) atoms. The summed E-state index contributed by atoms with van der Waals surface area (Å²) < 4.78 is 2.03. The van der Waals surface area contributed by atoms with Crippen molar-refractivity contribution < 1.29 is 0 Å². The molecule has 0 aliphatic heterocycles. The van der Waals surface area contributed by atoms with E-state index in [0.29, 0.717) is 0 Å². The van der Waals surface area contributed by atoms with Crippen molar-refractivity contribution in [3.8, 4) is 0 Å². The van der Waals surface area contributed by atoms with Crippen molar-refractivity contribution in [3.05, 3.63) is 42.2 Å². The van der Waals surface area contributed by atoms with E-state index in [9.17, 15) is 0 Å². The highest BCUT2D eigenvalue weighted by Gasteiger charge is 1.98. The summed E-state index contributed by atoms with van der Waals surface area (Å²) in [6.45, 7) is 2.70. The van der Waals surface area contributed by atoms with Crippen molar-refractivity contribution in [2.45, 2.75) is 13.5 Å². The van der Waals surface area contributed by atoms with Gasteiger partial charge in [0.1, 0.15) is 5.82 Å². The summed E-state index contributed by atoms with van der Waals surface area (Å²) in [6.07, 6.45) is 5.39. The lowest BCUT2D eigenvalue weighted by Gasteiger charge is -2.02. The normalized spacial score (nSPS) is 10.2. The molecule has 2 rings (SSSR count). The highest BCUT2D eigenvalue weighted by atomic mass is 15.1. The third-order valence-corrected chi connectivity index (χ3v) is 1.88. The van der Waals surface area contributed by atoms with Crippen molar-refractivity contribution in [1.82, 2.24) is 19.7 Å². The molecule has 0 N–H and O–H groups in total. The van der Waals surface area contributed by atoms with Crippen molar-refractivity contribution in [3.63, 3.8) is 0 Å². The first-order valence-corrected chi connectivity index (χ1v) is 4.10. The van der Waals surface area contributed by atoms with Gasteiger partial charge in [-0.25, -0.2) is 4.98 Å². The van der Waals surface area contributed by atoms with Crippen LogP contribution in [-0.2, 0) is 6.54 Å². The third-order valence-electron chi connectivity index (χ3n) is 1.88. The zero-order valence-corrected chi connectivity index (χ0v) is 7.38. The van der Waals surface area contributed by atoms with Gasteiger partial charge in [0.2, 0.25) is 0 Å². The molecular weight excluding hydrogens is 164 g/mol. The summed E-state index contributed by atoms with van der Waals surface area (Å²) in [5, 5.41) is 7.81. The largest absolute Gasteiger partial charge is 0.329 e. The minimum atomic E-state index is 0.736. The van der Waals surface area contributed by atoms with Gasteiger partial charge in [-0.2, -0.15) is 10.2 Å². The Morgan fingerprint density at radius 2 is 2.31 bits per heavy atom. The number of hydrogen-bond donors (Lipinski definition) is 0. The molecule has 0 radical (unpaired) electrons. The summed E-state index contributed by atoms with van der Waals surface area (Å²) in [5.74, 6) is 0.991. The minimum Gasteiger partial charge on any atom is -0.329 e. The van der Waals surface area contributed by atoms with Gasteiger partial charge in [0.05, 0.1) is 12.2 Å². The summed E-state index contributed by atoms with van der Waals surface area (Å²) >= 11 is 0. The predicted molar refractivity (Wildman–Crippen MR) is 48.1 cm³/mol. The highest BCUT2D eigenvalue weighted by molar-refractivity contribution is 5.02. The molecule has 2 aromatic heterocycles. The maximum Gasteiger partial charge on any atom is 0.105 e. The number of aryl methyl sites for hydroxylation is 1. The molecule has 0 amide bonds. The quantitative estimate of drug-likeness (QED) is 0.683. The van der Waals surface area contributed by atoms with E-state index in [1.807, 2.05) is 29.8 Å². The van der Waals surface area contributed by atoms with E-state index in [2.05, 4.69) is 15.2 Å². The number of imidazole rings is 1. The van der Waals surface area contributed by atoms with Crippen LogP contribution in [0.2, 0.25) is 0 Å². The molecule has 4 nitrogen and oxygen atoms in total. The van der Waals surface area contributed by atoms with Crippen LogP contribution in [0, 0.1) is 6.92 Å². The molecular formula is C9H10N4. The molecule has 0 saturated heterocycles. The lowest BCUT2D eigenvalue weighted by molar-refractivity contribution is 0.726. The Morgan fingerprint density at radius 3 is 2.92 bits per heavy atom. The van der Waals surface area contributed by atoms with Crippen LogP contribution in [0.3, 0.4) is 0 Å². The summed E-state index contributed by atoms with van der Waals surface area (Å²) in [4.78, 5) is 4.13. The first-order chi connectivity index (χ1) is 6.36. The van der Waals surface area contributed by atoms with Gasteiger partial charge in [-0.15, -0.1) is 0 Å². The Hall–Kier alpha value is -1.71. The van der Waals surface area contributed by atoms with Crippen LogP contribution in [0.15, 0.2) is 30.7 Å². The smallest absolute Gasteiger partial charge is 0.105 e. The molecule has 0 aliphatic carbocycles. The number of rotatable bonds is 2. The fraction of sp³-hybridized carbons (Fsp3) is 0.222. The molecule has 66 valence electrons. The van der Waals surface area contributed by atoms with Crippen LogP contribution in [0.25, 0.3) is 0 Å². The van der Waals surface area contributed by atoms with Crippen LogP contribution in [-0.4, -0.2) is 19.7 Å². The summed E-state index contributed by atoms with van der Waals surface area (Å²) in [5.41, 5.74) is 0.948. The van der Waals surface area contributed by atoms with Gasteiger partial charge in [0, 0.05) is 18.6 Å². The van der Waals surface area contributed by atoms with E-state index in [1.165, 1.54) is 0 Å². The molecule has 2 aromatic rings. The molecule has 2 heterocycles. The third kappa shape index (κ3) is 1.72. The zero-order valence-electron chi connectivity index (χ0n) is 7.38. The standard InChI is InChI=1S/C9H10N4/c1-8-10-5-6-13(8)7-9-3-2-4-11-12-9/h2-6H,7H2,1H3. The Bertz CT molecular complexity index is 380. The van der Waals surface area contributed by atoms with Crippen molar-refractivity contribution in [1.29, 1.82) is 0 Å². The molecule has 0 aliphatic rings. The second-order valence-electron chi connectivity index (χ2n) is 2.82. The van der Waals surface area contributed by atoms with Crippen LogP contribution < -0.4 is 0 Å². The minimum absolute atomic E-state index is 0.736. The molecule has 0 spiro atoms. The van der Waals surface area contributed by atoms with E-state index >= 15 is 0 Å². The van der Waals surface area contributed by atoms with Crippen molar-refractivity contribution in [2.24, 2.45) is 0 Å². The molecule has 0 bridgehead atoms. The molecule has 0 aromatic carbocycles. The fourth-order valence-electron chi connectivity index (χ4n) is 1.16. The van der Waals surface area contributed by atoms with Gasteiger partial charge in [-0.3, -0.25) is 0 Å². The second kappa shape index (κ2) is 3.35. The highest BCUT2D eigenvalue weighted by Crippen LogP contribution is 2.00. The van der Waals surface area contributed by atoms with Crippen LogP contribution in [0.5, 0.6) is 0 Å². The van der Waals surface area contributed by atoms with E-state index in [4.69, 9.17) is 0 Å². The SMILES string of the molecule is Cc1nccn1Cc1cccnn1. The Balaban J connectivity index is 2.20. The van der Waals surface area contributed by atoms with Crippen LogP contribution in [0.4, 0.5) is 0 Å². The van der Waals surface area contributed by atoms with Gasteiger partial charge < -0.3 is 4.57 Å². The maximum atomic E-state index is 4.13. The zero-order chi connectivity index (χ0) is 9.10. The Morgan fingerprint density at radius 1 is 1.38 bits per heavy atom. The number of aromatic nitrogens is 4. The molecule has 0 saturated carbocycles.